The lowest BCUT2D eigenvalue weighted by Crippen LogP contribution is -2.42. The van der Waals surface area contributed by atoms with E-state index < -0.39 is 5.60 Å². The van der Waals surface area contributed by atoms with Gasteiger partial charge < -0.3 is 15.4 Å². The number of ether oxygens (including phenoxy) is 1. The maximum Gasteiger partial charge on any atom is 0.410 e. The predicted molar refractivity (Wildman–Crippen MR) is 92.5 cm³/mol. The number of carbonyl (C=O) groups is 1. The third-order valence-corrected chi connectivity index (χ3v) is 4.24. The van der Waals surface area contributed by atoms with Gasteiger partial charge in [0.2, 0.25) is 0 Å². The molecule has 7 nitrogen and oxygen atoms in total. The maximum atomic E-state index is 12.1. The topological polar surface area (TPSA) is 86.3 Å². The van der Waals surface area contributed by atoms with Crippen molar-refractivity contribution in [3.8, 4) is 0 Å². The Labute approximate surface area is 141 Å². The minimum absolute atomic E-state index is 0.222. The molecular weight excluding hydrogens is 306 g/mol. The van der Waals surface area contributed by atoms with Crippen molar-refractivity contribution in [2.75, 3.05) is 18.8 Å². The maximum absolute atomic E-state index is 12.1. The first-order valence-corrected chi connectivity index (χ1v) is 8.38. The molecule has 0 bridgehead atoms. The van der Waals surface area contributed by atoms with Crippen LogP contribution in [0.5, 0.6) is 0 Å². The number of nitrogens with two attached hydrogens (primary N) is 1. The van der Waals surface area contributed by atoms with Gasteiger partial charge in [-0.25, -0.2) is 9.48 Å². The van der Waals surface area contributed by atoms with Gasteiger partial charge in [-0.3, -0.25) is 0 Å². The molecule has 7 heteroatoms. The number of benzene rings is 1. The van der Waals surface area contributed by atoms with Gasteiger partial charge in [0.25, 0.3) is 0 Å². The summed E-state index contributed by atoms with van der Waals surface area (Å²) >= 11 is 0. The molecule has 24 heavy (non-hydrogen) atoms. The van der Waals surface area contributed by atoms with Gasteiger partial charge in [0.05, 0.1) is 5.52 Å². The van der Waals surface area contributed by atoms with Crippen LogP contribution in [0, 0.1) is 5.92 Å². The lowest BCUT2D eigenvalue weighted by molar-refractivity contribution is 0.0177. The zero-order chi connectivity index (χ0) is 17.3. The molecule has 1 aliphatic heterocycles. The van der Waals surface area contributed by atoms with E-state index in [1.807, 2.05) is 43.7 Å². The van der Waals surface area contributed by atoms with Crippen LogP contribution in [-0.2, 0) is 11.3 Å². The molecule has 2 N–H and O–H groups in total. The van der Waals surface area contributed by atoms with Gasteiger partial charge in [-0.1, -0.05) is 5.21 Å². The van der Waals surface area contributed by atoms with Crippen LogP contribution >= 0.6 is 0 Å². The monoisotopic (exact) mass is 331 g/mol. The Morgan fingerprint density at radius 2 is 2.04 bits per heavy atom. The number of likely N-dealkylation sites (tertiary alicyclic amines) is 1. The highest BCUT2D eigenvalue weighted by Gasteiger charge is 2.27. The zero-order valence-electron chi connectivity index (χ0n) is 14.5. The molecule has 0 saturated carbocycles. The molecule has 0 spiro atoms. The molecule has 2 aromatic rings. The quantitative estimate of drug-likeness (QED) is 0.855. The smallest absolute Gasteiger partial charge is 0.410 e. The number of aromatic nitrogens is 3. The van der Waals surface area contributed by atoms with Crippen LogP contribution in [0.15, 0.2) is 18.2 Å². The van der Waals surface area contributed by atoms with Crippen molar-refractivity contribution in [2.24, 2.45) is 5.92 Å². The van der Waals surface area contributed by atoms with Crippen LogP contribution < -0.4 is 5.73 Å². The fourth-order valence-electron chi connectivity index (χ4n) is 2.99. The van der Waals surface area contributed by atoms with Crippen LogP contribution in [0.3, 0.4) is 0 Å². The number of carbonyl (C=O) groups excluding carboxylic acids is 1. The van der Waals surface area contributed by atoms with Gasteiger partial charge in [-0.05, 0) is 57.7 Å². The fraction of sp³-hybridized carbons (Fsp3) is 0.588. The fourth-order valence-corrected chi connectivity index (χ4v) is 2.99. The van der Waals surface area contributed by atoms with E-state index in [9.17, 15) is 4.79 Å². The highest BCUT2D eigenvalue weighted by molar-refractivity contribution is 5.78. The number of piperidine rings is 1. The lowest BCUT2D eigenvalue weighted by Gasteiger charge is -2.33. The van der Waals surface area contributed by atoms with Gasteiger partial charge in [0.1, 0.15) is 11.1 Å². The molecule has 1 aromatic heterocycles. The van der Waals surface area contributed by atoms with E-state index in [0.29, 0.717) is 24.7 Å². The minimum atomic E-state index is -0.451. The first-order valence-electron chi connectivity index (χ1n) is 8.38. The van der Waals surface area contributed by atoms with E-state index in [2.05, 4.69) is 10.3 Å². The average molecular weight is 331 g/mol. The molecule has 0 radical (unpaired) electrons. The second kappa shape index (κ2) is 6.30. The summed E-state index contributed by atoms with van der Waals surface area (Å²) in [4.78, 5) is 13.9. The molecule has 1 saturated heterocycles. The molecule has 0 unspecified atom stereocenters. The van der Waals surface area contributed by atoms with E-state index >= 15 is 0 Å². The highest BCUT2D eigenvalue weighted by Crippen LogP contribution is 2.23. The van der Waals surface area contributed by atoms with E-state index in [-0.39, 0.29) is 6.09 Å². The van der Waals surface area contributed by atoms with Gasteiger partial charge in [0, 0.05) is 25.3 Å². The zero-order valence-corrected chi connectivity index (χ0v) is 14.5. The minimum Gasteiger partial charge on any atom is -0.444 e. The summed E-state index contributed by atoms with van der Waals surface area (Å²) in [6.07, 6.45) is 1.64. The standard InChI is InChI=1S/C17H25N5O2/c1-17(2,3)24-16(23)21-8-6-12(7-9-21)11-22-15-10-13(18)4-5-14(15)19-20-22/h4-5,10,12H,6-9,11,18H2,1-3H3. The molecule has 1 aliphatic rings. The third kappa shape index (κ3) is 3.77. The van der Waals surface area contributed by atoms with Crippen molar-refractivity contribution >= 4 is 22.8 Å². The second-order valence-electron chi connectivity index (χ2n) is 7.43. The highest BCUT2D eigenvalue weighted by atomic mass is 16.6. The molecule has 3 rings (SSSR count). The van der Waals surface area contributed by atoms with Gasteiger partial charge in [-0.15, -0.1) is 5.10 Å². The van der Waals surface area contributed by atoms with Gasteiger partial charge in [0.15, 0.2) is 0 Å². The van der Waals surface area contributed by atoms with Crippen LogP contribution in [0.4, 0.5) is 10.5 Å². The number of rotatable bonds is 2. The molecule has 1 amide bonds. The second-order valence-corrected chi connectivity index (χ2v) is 7.43. The van der Waals surface area contributed by atoms with Crippen molar-refractivity contribution in [1.29, 1.82) is 0 Å². The molecule has 1 aromatic carbocycles. The van der Waals surface area contributed by atoms with Crippen LogP contribution in [-0.4, -0.2) is 44.7 Å². The first-order chi connectivity index (χ1) is 11.3. The Hall–Kier alpha value is -2.31. The van der Waals surface area contributed by atoms with E-state index in [1.54, 1.807) is 4.90 Å². The number of anilines is 1. The number of amides is 1. The normalized spacial score (nSPS) is 16.5. The van der Waals surface area contributed by atoms with Crippen molar-refractivity contribution in [1.82, 2.24) is 19.9 Å². The summed E-state index contributed by atoms with van der Waals surface area (Å²) in [5.41, 5.74) is 7.94. The number of nitrogen functional groups attached to an aromatic ring is 1. The number of nitrogens with zero attached hydrogens (tertiary/aromatic N) is 4. The summed E-state index contributed by atoms with van der Waals surface area (Å²) in [7, 11) is 0. The van der Waals surface area contributed by atoms with Crippen molar-refractivity contribution in [3.63, 3.8) is 0 Å². The van der Waals surface area contributed by atoms with Gasteiger partial charge >= 0.3 is 6.09 Å². The largest absolute Gasteiger partial charge is 0.444 e. The molecule has 2 heterocycles. The molecule has 130 valence electrons. The Bertz CT molecular complexity index is 726. The summed E-state index contributed by atoms with van der Waals surface area (Å²) in [6.45, 7) is 7.89. The van der Waals surface area contributed by atoms with Crippen LogP contribution in [0.2, 0.25) is 0 Å². The molecule has 0 aliphatic carbocycles. The Balaban J connectivity index is 1.59. The molecular formula is C17H25N5O2. The number of hydrogen-bond acceptors (Lipinski definition) is 5. The SMILES string of the molecule is CC(C)(C)OC(=O)N1CCC(Cn2nnc3ccc(N)cc32)CC1. The lowest BCUT2D eigenvalue weighted by atomic mass is 9.97. The predicted octanol–water partition coefficient (Wildman–Crippen LogP) is 2.66. The third-order valence-electron chi connectivity index (χ3n) is 4.24. The Morgan fingerprint density at radius 3 is 2.71 bits per heavy atom. The summed E-state index contributed by atoms with van der Waals surface area (Å²) in [6, 6.07) is 5.63. The van der Waals surface area contributed by atoms with Gasteiger partial charge in [-0.2, -0.15) is 0 Å². The number of hydrogen-bond donors (Lipinski definition) is 1. The summed E-state index contributed by atoms with van der Waals surface area (Å²) in [5, 5.41) is 8.42. The van der Waals surface area contributed by atoms with Crippen molar-refractivity contribution in [2.45, 2.75) is 45.8 Å². The Kier molecular flexibility index (Phi) is 4.34. The van der Waals surface area contributed by atoms with Crippen molar-refractivity contribution < 1.29 is 9.53 Å². The molecule has 1 fully saturated rings. The summed E-state index contributed by atoms with van der Waals surface area (Å²) in [5.74, 6) is 0.468. The summed E-state index contributed by atoms with van der Waals surface area (Å²) < 4.78 is 7.35. The number of fused-ring (bicyclic) bond motifs is 1. The van der Waals surface area contributed by atoms with E-state index in [4.69, 9.17) is 10.5 Å². The van der Waals surface area contributed by atoms with Crippen LogP contribution in [0.25, 0.3) is 11.0 Å². The average Bonchev–Trinajstić information content (AvgIpc) is 2.88. The first kappa shape index (κ1) is 16.5. The van der Waals surface area contributed by atoms with Crippen LogP contribution in [0.1, 0.15) is 33.6 Å². The van der Waals surface area contributed by atoms with E-state index in [0.717, 1.165) is 30.4 Å². The van der Waals surface area contributed by atoms with Crippen molar-refractivity contribution in [3.05, 3.63) is 18.2 Å². The van der Waals surface area contributed by atoms with E-state index in [1.165, 1.54) is 0 Å². The Morgan fingerprint density at radius 1 is 1.33 bits per heavy atom. The molecule has 0 atom stereocenters.